The number of rotatable bonds is 6. The zero-order valence-corrected chi connectivity index (χ0v) is 12.9. The van der Waals surface area contributed by atoms with Gasteiger partial charge in [0.2, 0.25) is 0 Å². The molecule has 0 aliphatic rings. The Balaban J connectivity index is 2.97. The summed E-state index contributed by atoms with van der Waals surface area (Å²) in [6, 6.07) is 5.38. The molecule has 4 heteroatoms. The predicted octanol–water partition coefficient (Wildman–Crippen LogP) is 2.35. The lowest BCUT2D eigenvalue weighted by Crippen LogP contribution is -2.33. The van der Waals surface area contributed by atoms with Crippen LogP contribution < -0.4 is 10.1 Å². The average Bonchev–Trinajstić information content (AvgIpc) is 2.52. The first-order chi connectivity index (χ1) is 10.2. The van der Waals surface area contributed by atoms with Crippen molar-refractivity contribution in [1.82, 2.24) is 5.32 Å². The average molecular weight is 289 g/mol. The molecule has 1 amide bonds. The highest BCUT2D eigenvalue weighted by Crippen LogP contribution is 2.19. The lowest BCUT2D eigenvalue weighted by molar-refractivity contribution is 0.0935. The van der Waals surface area contributed by atoms with Crippen LogP contribution in [0.15, 0.2) is 18.2 Å². The molecule has 0 aromatic heterocycles. The summed E-state index contributed by atoms with van der Waals surface area (Å²) >= 11 is 0. The van der Waals surface area contributed by atoms with Gasteiger partial charge in [0.25, 0.3) is 5.91 Å². The summed E-state index contributed by atoms with van der Waals surface area (Å²) in [7, 11) is 1.57. The van der Waals surface area contributed by atoms with E-state index >= 15 is 0 Å². The van der Waals surface area contributed by atoms with Gasteiger partial charge in [-0.25, -0.2) is 0 Å². The molecule has 0 bridgehead atoms. The Morgan fingerprint density at radius 2 is 2.10 bits per heavy atom. The lowest BCUT2D eigenvalue weighted by atomic mass is 10.1. The van der Waals surface area contributed by atoms with Gasteiger partial charge in [-0.3, -0.25) is 4.79 Å². The lowest BCUT2D eigenvalue weighted by Gasteiger charge is -2.15. The van der Waals surface area contributed by atoms with E-state index in [0.29, 0.717) is 23.3 Å². The summed E-state index contributed by atoms with van der Waals surface area (Å²) in [5.41, 5.74) is 1.22. The van der Waals surface area contributed by atoms with Gasteiger partial charge in [-0.1, -0.05) is 25.7 Å². The molecule has 0 aliphatic heterocycles. The van der Waals surface area contributed by atoms with Gasteiger partial charge in [-0.15, -0.1) is 0 Å². The molecular weight excluding hydrogens is 266 g/mol. The molecule has 4 nitrogen and oxygen atoms in total. The van der Waals surface area contributed by atoms with E-state index in [4.69, 9.17) is 9.84 Å². The van der Waals surface area contributed by atoms with E-state index in [1.54, 1.807) is 25.3 Å². The molecular formula is C17H23NO3. The Labute approximate surface area is 126 Å². The Morgan fingerprint density at radius 3 is 2.67 bits per heavy atom. The minimum atomic E-state index is -0.100. The van der Waals surface area contributed by atoms with Gasteiger partial charge in [0.05, 0.1) is 19.3 Å². The van der Waals surface area contributed by atoms with Gasteiger partial charge in [0, 0.05) is 18.0 Å². The number of ether oxygens (including phenoxy) is 1. The van der Waals surface area contributed by atoms with Crippen molar-refractivity contribution in [2.24, 2.45) is 0 Å². The fraction of sp³-hybridized carbons (Fsp3) is 0.471. The molecule has 1 rings (SSSR count). The zero-order chi connectivity index (χ0) is 15.7. The molecule has 0 saturated carbocycles. The smallest absolute Gasteiger partial charge is 0.251 e. The maximum Gasteiger partial charge on any atom is 0.251 e. The Kier molecular flexibility index (Phi) is 7.34. The van der Waals surface area contributed by atoms with Gasteiger partial charge in [-0.2, -0.15) is 0 Å². The highest BCUT2D eigenvalue weighted by Gasteiger charge is 2.12. The molecule has 1 aromatic carbocycles. The van der Waals surface area contributed by atoms with E-state index in [1.807, 2.05) is 13.8 Å². The molecule has 0 atom stereocenters. The number of nitrogens with one attached hydrogen (secondary N) is 1. The molecule has 1 aromatic rings. The van der Waals surface area contributed by atoms with E-state index in [1.165, 1.54) is 0 Å². The third-order valence-electron chi connectivity index (χ3n) is 3.24. The minimum Gasteiger partial charge on any atom is -0.495 e. The maximum absolute atomic E-state index is 12.2. The Bertz CT molecular complexity index is 525. The SMILES string of the molecule is CCC(CC)NC(=O)c1ccc(OC)c(C#CCCO)c1. The number of hydrogen-bond donors (Lipinski definition) is 2. The molecule has 0 spiro atoms. The van der Waals surface area contributed by atoms with Crippen LogP contribution in [0.5, 0.6) is 5.75 Å². The number of carbonyl (C=O) groups is 1. The Hall–Kier alpha value is -1.99. The van der Waals surface area contributed by atoms with Crippen LogP contribution in [-0.2, 0) is 0 Å². The number of methoxy groups -OCH3 is 1. The van der Waals surface area contributed by atoms with E-state index in [-0.39, 0.29) is 18.6 Å². The van der Waals surface area contributed by atoms with Crippen molar-refractivity contribution in [2.45, 2.75) is 39.2 Å². The predicted molar refractivity (Wildman–Crippen MR) is 83.4 cm³/mol. The maximum atomic E-state index is 12.2. The van der Waals surface area contributed by atoms with Crippen LogP contribution in [0, 0.1) is 11.8 Å². The second kappa shape index (κ2) is 9.04. The fourth-order valence-electron chi connectivity index (χ4n) is 1.92. The molecule has 0 fully saturated rings. The molecule has 21 heavy (non-hydrogen) atoms. The zero-order valence-electron chi connectivity index (χ0n) is 12.9. The number of aliphatic hydroxyl groups excluding tert-OH is 1. The number of carbonyl (C=O) groups excluding carboxylic acids is 1. The summed E-state index contributed by atoms with van der Waals surface area (Å²) in [6.07, 6.45) is 2.20. The quantitative estimate of drug-likeness (QED) is 0.790. The standard InChI is InChI=1S/C17H23NO3/c1-4-15(5-2)18-17(20)14-9-10-16(21-3)13(12-14)8-6-7-11-19/h9-10,12,15,19H,4-5,7,11H2,1-3H3,(H,18,20). The monoisotopic (exact) mass is 289 g/mol. The second-order valence-electron chi connectivity index (χ2n) is 4.68. The number of aliphatic hydroxyl groups is 1. The highest BCUT2D eigenvalue weighted by molar-refractivity contribution is 5.95. The summed E-state index contributed by atoms with van der Waals surface area (Å²) in [5.74, 6) is 6.29. The minimum absolute atomic E-state index is 0.0180. The van der Waals surface area contributed by atoms with Gasteiger partial charge in [-0.05, 0) is 31.0 Å². The van der Waals surface area contributed by atoms with Crippen LogP contribution >= 0.6 is 0 Å². The summed E-state index contributed by atoms with van der Waals surface area (Å²) in [5, 5.41) is 11.8. The summed E-state index contributed by atoms with van der Waals surface area (Å²) in [4.78, 5) is 12.2. The normalized spacial score (nSPS) is 9.95. The van der Waals surface area contributed by atoms with Crippen molar-refractivity contribution >= 4 is 5.91 Å². The van der Waals surface area contributed by atoms with E-state index in [0.717, 1.165) is 12.8 Å². The first kappa shape index (κ1) is 17.1. The molecule has 114 valence electrons. The second-order valence-corrected chi connectivity index (χ2v) is 4.68. The third kappa shape index (κ3) is 5.13. The van der Waals surface area contributed by atoms with Crippen molar-refractivity contribution in [2.75, 3.05) is 13.7 Å². The Morgan fingerprint density at radius 1 is 1.38 bits per heavy atom. The van der Waals surface area contributed by atoms with E-state index < -0.39 is 0 Å². The van der Waals surface area contributed by atoms with Crippen LogP contribution in [0.2, 0.25) is 0 Å². The number of amides is 1. The highest BCUT2D eigenvalue weighted by atomic mass is 16.5. The van der Waals surface area contributed by atoms with Crippen molar-refractivity contribution in [3.8, 4) is 17.6 Å². The van der Waals surface area contributed by atoms with Crippen LogP contribution in [0.3, 0.4) is 0 Å². The molecule has 0 radical (unpaired) electrons. The molecule has 0 unspecified atom stereocenters. The van der Waals surface area contributed by atoms with E-state index in [9.17, 15) is 4.79 Å². The van der Waals surface area contributed by atoms with Crippen LogP contribution in [-0.4, -0.2) is 30.8 Å². The van der Waals surface area contributed by atoms with Crippen molar-refractivity contribution in [1.29, 1.82) is 0 Å². The molecule has 0 saturated heterocycles. The fourth-order valence-corrected chi connectivity index (χ4v) is 1.92. The van der Waals surface area contributed by atoms with E-state index in [2.05, 4.69) is 17.2 Å². The third-order valence-corrected chi connectivity index (χ3v) is 3.24. The first-order valence-corrected chi connectivity index (χ1v) is 7.24. The summed E-state index contributed by atoms with van der Waals surface area (Å²) in [6.45, 7) is 4.12. The largest absolute Gasteiger partial charge is 0.495 e. The number of hydrogen-bond acceptors (Lipinski definition) is 3. The summed E-state index contributed by atoms with van der Waals surface area (Å²) < 4.78 is 5.24. The van der Waals surface area contributed by atoms with Gasteiger partial charge < -0.3 is 15.2 Å². The number of benzene rings is 1. The molecule has 0 heterocycles. The molecule has 2 N–H and O–H groups in total. The van der Waals surface area contributed by atoms with Crippen LogP contribution in [0.25, 0.3) is 0 Å². The van der Waals surface area contributed by atoms with Crippen molar-refractivity contribution < 1.29 is 14.6 Å². The van der Waals surface area contributed by atoms with Gasteiger partial charge in [0.15, 0.2) is 0 Å². The molecule has 0 aliphatic carbocycles. The van der Waals surface area contributed by atoms with Gasteiger partial charge >= 0.3 is 0 Å². The van der Waals surface area contributed by atoms with Crippen molar-refractivity contribution in [3.63, 3.8) is 0 Å². The van der Waals surface area contributed by atoms with Crippen LogP contribution in [0.1, 0.15) is 49.0 Å². The first-order valence-electron chi connectivity index (χ1n) is 7.24. The van der Waals surface area contributed by atoms with Crippen molar-refractivity contribution in [3.05, 3.63) is 29.3 Å². The van der Waals surface area contributed by atoms with Gasteiger partial charge in [0.1, 0.15) is 5.75 Å². The van der Waals surface area contributed by atoms with Crippen LogP contribution in [0.4, 0.5) is 0 Å². The topological polar surface area (TPSA) is 58.6 Å².